The van der Waals surface area contributed by atoms with Gasteiger partial charge in [-0.25, -0.2) is 0 Å². The second-order valence-electron chi connectivity index (χ2n) is 9.25. The molecule has 3 fully saturated rings. The summed E-state index contributed by atoms with van der Waals surface area (Å²) in [5.41, 5.74) is -0.625. The lowest BCUT2D eigenvalue weighted by molar-refractivity contribution is -0.143. The SMILES string of the molecule is Cc1nc(CCN(C)C(=O)[C@@H]2[C@@H]3C=C[C@@]4(CN(C5CCCCCC5)C(=O)[C@H]24)O3)no1. The first kappa shape index (κ1) is 19.7. The van der Waals surface area contributed by atoms with Gasteiger partial charge in [0.1, 0.15) is 5.60 Å². The van der Waals surface area contributed by atoms with Gasteiger partial charge in [-0.1, -0.05) is 43.0 Å². The number of aromatic nitrogens is 2. The molecule has 162 valence electrons. The number of rotatable bonds is 5. The van der Waals surface area contributed by atoms with E-state index < -0.39 is 17.4 Å². The molecule has 4 aliphatic rings. The van der Waals surface area contributed by atoms with E-state index >= 15 is 0 Å². The summed E-state index contributed by atoms with van der Waals surface area (Å²) in [4.78, 5) is 34.8. The van der Waals surface area contributed by atoms with Crippen LogP contribution in [0.2, 0.25) is 0 Å². The Balaban J connectivity index is 1.31. The number of hydrogen-bond donors (Lipinski definition) is 0. The Labute approximate surface area is 176 Å². The molecule has 1 aromatic heterocycles. The highest BCUT2D eigenvalue weighted by atomic mass is 16.5. The van der Waals surface area contributed by atoms with Crippen molar-refractivity contribution in [2.45, 2.75) is 69.6 Å². The molecular weight excluding hydrogens is 384 g/mol. The van der Waals surface area contributed by atoms with Gasteiger partial charge in [0.05, 0.1) is 24.5 Å². The van der Waals surface area contributed by atoms with E-state index in [1.807, 2.05) is 17.1 Å². The fraction of sp³-hybridized carbons (Fsp3) is 0.727. The first-order chi connectivity index (χ1) is 14.5. The Hall–Kier alpha value is -2.22. The number of fused-ring (bicyclic) bond motifs is 1. The van der Waals surface area contributed by atoms with Crippen LogP contribution in [0.3, 0.4) is 0 Å². The second-order valence-corrected chi connectivity index (χ2v) is 9.25. The van der Waals surface area contributed by atoms with Gasteiger partial charge in [0.25, 0.3) is 0 Å². The van der Waals surface area contributed by atoms with Gasteiger partial charge in [0, 0.05) is 33.0 Å². The lowest BCUT2D eigenvalue weighted by atomic mass is 9.76. The Kier molecular flexibility index (Phi) is 4.92. The highest BCUT2D eigenvalue weighted by Crippen LogP contribution is 2.53. The van der Waals surface area contributed by atoms with E-state index in [0.29, 0.717) is 31.2 Å². The van der Waals surface area contributed by atoms with Gasteiger partial charge in [-0.2, -0.15) is 4.98 Å². The smallest absolute Gasteiger partial charge is 0.230 e. The van der Waals surface area contributed by atoms with Crippen molar-refractivity contribution >= 4 is 11.8 Å². The number of hydrogen-bond acceptors (Lipinski definition) is 6. The third kappa shape index (κ3) is 3.16. The molecule has 1 spiro atoms. The van der Waals surface area contributed by atoms with Gasteiger partial charge in [-0.3, -0.25) is 9.59 Å². The summed E-state index contributed by atoms with van der Waals surface area (Å²) in [6.07, 6.45) is 11.2. The lowest BCUT2D eigenvalue weighted by Crippen LogP contribution is -2.46. The van der Waals surface area contributed by atoms with Crippen molar-refractivity contribution in [2.75, 3.05) is 20.1 Å². The molecule has 0 radical (unpaired) electrons. The predicted molar refractivity (Wildman–Crippen MR) is 107 cm³/mol. The third-order valence-corrected chi connectivity index (χ3v) is 7.30. The van der Waals surface area contributed by atoms with Crippen molar-refractivity contribution in [3.63, 3.8) is 0 Å². The molecule has 1 aromatic rings. The van der Waals surface area contributed by atoms with E-state index in [9.17, 15) is 9.59 Å². The van der Waals surface area contributed by atoms with Crippen molar-refractivity contribution in [1.29, 1.82) is 0 Å². The number of likely N-dealkylation sites (tertiary alicyclic amines) is 1. The minimum absolute atomic E-state index is 0.0347. The van der Waals surface area contributed by atoms with Crippen LogP contribution in [0.1, 0.15) is 50.2 Å². The number of aryl methyl sites for hydroxylation is 1. The zero-order chi connectivity index (χ0) is 20.9. The summed E-state index contributed by atoms with van der Waals surface area (Å²) in [5, 5.41) is 3.90. The van der Waals surface area contributed by atoms with E-state index in [-0.39, 0.29) is 24.0 Å². The second kappa shape index (κ2) is 7.48. The Morgan fingerprint density at radius 1 is 1.30 bits per heavy atom. The topological polar surface area (TPSA) is 88.8 Å². The number of ether oxygens (including phenoxy) is 1. The number of likely N-dealkylation sites (N-methyl/N-ethyl adjacent to an activating group) is 1. The van der Waals surface area contributed by atoms with Crippen molar-refractivity contribution in [1.82, 2.24) is 19.9 Å². The normalized spacial score (nSPS) is 33.2. The molecule has 30 heavy (non-hydrogen) atoms. The molecule has 1 aliphatic carbocycles. The molecule has 3 aliphatic heterocycles. The zero-order valence-corrected chi connectivity index (χ0v) is 17.7. The van der Waals surface area contributed by atoms with E-state index in [1.165, 1.54) is 25.7 Å². The van der Waals surface area contributed by atoms with Crippen LogP contribution >= 0.6 is 0 Å². The van der Waals surface area contributed by atoms with Gasteiger partial charge in [-0.15, -0.1) is 0 Å². The predicted octanol–water partition coefficient (Wildman–Crippen LogP) is 1.88. The van der Waals surface area contributed by atoms with Gasteiger partial charge < -0.3 is 19.1 Å². The maximum Gasteiger partial charge on any atom is 0.230 e. The molecule has 1 saturated carbocycles. The molecule has 4 heterocycles. The van der Waals surface area contributed by atoms with Crippen LogP contribution in [0.15, 0.2) is 16.7 Å². The van der Waals surface area contributed by atoms with Crippen LogP contribution in [0.25, 0.3) is 0 Å². The van der Waals surface area contributed by atoms with Gasteiger partial charge in [0.2, 0.25) is 17.7 Å². The number of carbonyl (C=O) groups excluding carboxylic acids is 2. The molecule has 0 aromatic carbocycles. The maximum absolute atomic E-state index is 13.5. The summed E-state index contributed by atoms with van der Waals surface area (Å²) < 4.78 is 11.3. The summed E-state index contributed by atoms with van der Waals surface area (Å²) in [6, 6.07) is 0.283. The van der Waals surface area contributed by atoms with Crippen LogP contribution < -0.4 is 0 Å². The average molecular weight is 415 g/mol. The van der Waals surface area contributed by atoms with Gasteiger partial charge in [0.15, 0.2) is 5.82 Å². The quantitative estimate of drug-likeness (QED) is 0.540. The molecule has 8 heteroatoms. The van der Waals surface area contributed by atoms with E-state index in [2.05, 4.69) is 10.1 Å². The van der Waals surface area contributed by atoms with E-state index in [1.54, 1.807) is 18.9 Å². The largest absolute Gasteiger partial charge is 0.360 e. The summed E-state index contributed by atoms with van der Waals surface area (Å²) in [5.74, 6) is 0.321. The molecule has 0 N–H and O–H groups in total. The Morgan fingerprint density at radius 2 is 2.07 bits per heavy atom. The fourth-order valence-corrected chi connectivity index (χ4v) is 5.76. The molecule has 2 amide bonds. The minimum atomic E-state index is -0.625. The number of nitrogens with zero attached hydrogens (tertiary/aromatic N) is 4. The Morgan fingerprint density at radius 3 is 2.77 bits per heavy atom. The van der Waals surface area contributed by atoms with Gasteiger partial charge >= 0.3 is 0 Å². The van der Waals surface area contributed by atoms with Crippen molar-refractivity contribution in [3.05, 3.63) is 23.9 Å². The van der Waals surface area contributed by atoms with Crippen LogP contribution in [0, 0.1) is 18.8 Å². The van der Waals surface area contributed by atoms with Gasteiger partial charge in [-0.05, 0) is 12.8 Å². The van der Waals surface area contributed by atoms with Crippen molar-refractivity contribution < 1.29 is 18.8 Å². The third-order valence-electron chi connectivity index (χ3n) is 7.30. The van der Waals surface area contributed by atoms with Crippen LogP contribution in [0.4, 0.5) is 0 Å². The molecule has 2 saturated heterocycles. The zero-order valence-electron chi connectivity index (χ0n) is 17.7. The summed E-state index contributed by atoms with van der Waals surface area (Å²) in [7, 11) is 1.78. The molecular formula is C22H30N4O4. The summed E-state index contributed by atoms with van der Waals surface area (Å²) in [6.45, 7) is 2.81. The van der Waals surface area contributed by atoms with Crippen LogP contribution in [-0.2, 0) is 20.7 Å². The standard InChI is InChI=1S/C22H30N4O4/c1-14-23-17(24-30-14)10-12-25(2)20(27)18-16-9-11-22(29-16)13-26(21(28)19(18)22)15-7-5-3-4-6-8-15/h9,11,15-16,18-19H,3-8,10,12-13H2,1-2H3/t16-,18+,19-,22-/m0/s1. The summed E-state index contributed by atoms with van der Waals surface area (Å²) >= 11 is 0. The first-order valence-corrected chi connectivity index (χ1v) is 11.2. The fourth-order valence-electron chi connectivity index (χ4n) is 5.76. The highest BCUT2D eigenvalue weighted by Gasteiger charge is 2.67. The first-order valence-electron chi connectivity index (χ1n) is 11.2. The Bertz CT molecular complexity index is 859. The van der Waals surface area contributed by atoms with Crippen molar-refractivity contribution in [2.24, 2.45) is 11.8 Å². The molecule has 2 bridgehead atoms. The van der Waals surface area contributed by atoms with Crippen LogP contribution in [0.5, 0.6) is 0 Å². The molecule has 5 rings (SSSR count). The number of amides is 2. The number of carbonyl (C=O) groups is 2. The van der Waals surface area contributed by atoms with E-state index in [0.717, 1.165) is 12.8 Å². The highest BCUT2D eigenvalue weighted by molar-refractivity contribution is 5.93. The lowest BCUT2D eigenvalue weighted by Gasteiger charge is -2.30. The van der Waals surface area contributed by atoms with Crippen LogP contribution in [-0.4, -0.2) is 69.6 Å². The molecule has 4 atom stereocenters. The maximum atomic E-state index is 13.5. The minimum Gasteiger partial charge on any atom is -0.360 e. The van der Waals surface area contributed by atoms with E-state index in [4.69, 9.17) is 9.26 Å². The monoisotopic (exact) mass is 414 g/mol. The average Bonchev–Trinajstić information content (AvgIpc) is 3.43. The van der Waals surface area contributed by atoms with Crippen molar-refractivity contribution in [3.8, 4) is 0 Å². The molecule has 0 unspecified atom stereocenters. The molecule has 8 nitrogen and oxygen atoms in total.